The van der Waals surface area contributed by atoms with Crippen LogP contribution in [0.15, 0.2) is 66.7 Å². The predicted octanol–water partition coefficient (Wildman–Crippen LogP) is 4.89. The lowest BCUT2D eigenvalue weighted by Gasteiger charge is -2.20. The Morgan fingerprint density at radius 2 is 1.62 bits per heavy atom. The van der Waals surface area contributed by atoms with Gasteiger partial charge in [-0.05, 0) is 62.1 Å². The number of carboxylic acid groups (broad SMARTS) is 1. The summed E-state index contributed by atoms with van der Waals surface area (Å²) in [5.41, 5.74) is 6.04. The molecule has 192 valence electrons. The van der Waals surface area contributed by atoms with Crippen molar-refractivity contribution in [3.63, 3.8) is 0 Å². The molecule has 0 atom stereocenters. The van der Waals surface area contributed by atoms with Crippen molar-refractivity contribution in [3.05, 3.63) is 94.0 Å². The molecule has 1 aliphatic heterocycles. The molecule has 3 N–H and O–H groups in total. The molecule has 0 unspecified atom stereocenters. The van der Waals surface area contributed by atoms with Gasteiger partial charge in [-0.15, -0.1) is 0 Å². The van der Waals surface area contributed by atoms with E-state index in [1.54, 1.807) is 24.3 Å². The monoisotopic (exact) mass is 518 g/mol. The second-order valence-electron chi connectivity index (χ2n) is 9.52. The summed E-state index contributed by atoms with van der Waals surface area (Å²) in [5, 5.41) is 16.0. The first-order valence-corrected chi connectivity index (χ1v) is 12.4. The number of carboxylic acids is 1. The van der Waals surface area contributed by atoms with Crippen molar-refractivity contribution < 1.29 is 14.7 Å². The zero-order valence-electron chi connectivity index (χ0n) is 21.2. The Morgan fingerprint density at radius 3 is 2.27 bits per heavy atom. The zero-order valence-corrected chi connectivity index (χ0v) is 22.0. The topological polar surface area (TPSA) is 84.9 Å². The fourth-order valence-corrected chi connectivity index (χ4v) is 4.41. The van der Waals surface area contributed by atoms with E-state index in [0.717, 1.165) is 36.4 Å². The van der Waals surface area contributed by atoms with Gasteiger partial charge in [-0.3, -0.25) is 9.59 Å². The maximum absolute atomic E-state index is 13.1. The van der Waals surface area contributed by atoms with Crippen LogP contribution in [0.5, 0.6) is 0 Å². The van der Waals surface area contributed by atoms with Crippen molar-refractivity contribution in [2.24, 2.45) is 0 Å². The number of benzene rings is 3. The number of likely N-dealkylation sites (N-methyl/N-ethyl adjacent to an activating group) is 2. The predicted molar refractivity (Wildman–Crippen MR) is 150 cm³/mol. The maximum Gasteiger partial charge on any atom is 0.307 e. The minimum Gasteiger partial charge on any atom is -0.481 e. The summed E-state index contributed by atoms with van der Waals surface area (Å²) >= 11 is 6.15. The number of nitrogens with zero attached hydrogens (tertiary/aromatic N) is 2. The van der Waals surface area contributed by atoms with Crippen LogP contribution < -0.4 is 10.6 Å². The van der Waals surface area contributed by atoms with E-state index in [4.69, 9.17) is 16.7 Å². The Hall–Kier alpha value is -3.65. The molecular weight excluding hydrogens is 488 g/mol. The number of hydrogen-bond acceptors (Lipinski definition) is 5. The second-order valence-corrected chi connectivity index (χ2v) is 9.96. The average molecular weight is 519 g/mol. The van der Waals surface area contributed by atoms with Crippen molar-refractivity contribution in [2.75, 3.05) is 44.9 Å². The molecular formula is C29H31ClN4O3. The third kappa shape index (κ3) is 6.77. The van der Waals surface area contributed by atoms with E-state index in [0.29, 0.717) is 27.5 Å². The van der Waals surface area contributed by atoms with Gasteiger partial charge in [0.25, 0.3) is 5.91 Å². The minimum absolute atomic E-state index is 0.0636. The normalized spacial score (nSPS) is 14.1. The van der Waals surface area contributed by atoms with Crippen molar-refractivity contribution in [1.29, 1.82) is 0 Å². The van der Waals surface area contributed by atoms with Gasteiger partial charge in [-0.25, -0.2) is 0 Å². The molecule has 0 aliphatic carbocycles. The quantitative estimate of drug-likeness (QED) is 0.331. The summed E-state index contributed by atoms with van der Waals surface area (Å²) in [5.74, 6) is -1.12. The lowest BCUT2D eigenvalue weighted by Crippen LogP contribution is -2.28. The highest BCUT2D eigenvalue weighted by Gasteiger charge is 2.28. The lowest BCUT2D eigenvalue weighted by molar-refractivity contribution is -0.136. The highest BCUT2D eigenvalue weighted by molar-refractivity contribution is 6.38. The van der Waals surface area contributed by atoms with Crippen LogP contribution in [0.1, 0.15) is 22.3 Å². The maximum atomic E-state index is 13.1. The van der Waals surface area contributed by atoms with Crippen molar-refractivity contribution in [3.8, 4) is 0 Å². The molecule has 0 aromatic heterocycles. The van der Waals surface area contributed by atoms with E-state index in [2.05, 4.69) is 53.7 Å². The van der Waals surface area contributed by atoms with Crippen LogP contribution >= 0.6 is 11.6 Å². The number of aliphatic carboxylic acids is 1. The number of carbonyl (C=O) groups is 2. The molecule has 0 spiro atoms. The molecule has 0 bridgehead atoms. The molecule has 0 fully saturated rings. The van der Waals surface area contributed by atoms with Gasteiger partial charge in [-0.2, -0.15) is 0 Å². The molecule has 3 aromatic rings. The summed E-state index contributed by atoms with van der Waals surface area (Å²) in [7, 11) is 6.24. The van der Waals surface area contributed by atoms with Crippen molar-refractivity contribution >= 4 is 46.1 Å². The highest BCUT2D eigenvalue weighted by Crippen LogP contribution is 2.38. The van der Waals surface area contributed by atoms with Crippen molar-refractivity contribution in [1.82, 2.24) is 9.80 Å². The van der Waals surface area contributed by atoms with Gasteiger partial charge in [0.1, 0.15) is 0 Å². The summed E-state index contributed by atoms with van der Waals surface area (Å²) in [4.78, 5) is 28.7. The Morgan fingerprint density at radius 1 is 0.946 bits per heavy atom. The van der Waals surface area contributed by atoms with Gasteiger partial charge < -0.3 is 25.5 Å². The molecule has 3 aromatic carbocycles. The largest absolute Gasteiger partial charge is 0.481 e. The van der Waals surface area contributed by atoms with Gasteiger partial charge in [0.2, 0.25) is 0 Å². The summed E-state index contributed by atoms with van der Waals surface area (Å²) in [6.07, 6.45) is -0.0636. The second kappa shape index (κ2) is 11.6. The molecule has 1 aliphatic rings. The number of anilines is 2. The van der Waals surface area contributed by atoms with E-state index in [1.165, 1.54) is 5.56 Å². The fraction of sp³-hybridized carbons (Fsp3) is 0.241. The molecule has 8 heteroatoms. The van der Waals surface area contributed by atoms with Gasteiger partial charge in [0.05, 0.1) is 23.4 Å². The zero-order chi connectivity index (χ0) is 26.5. The van der Waals surface area contributed by atoms with Gasteiger partial charge >= 0.3 is 5.97 Å². The van der Waals surface area contributed by atoms with Crippen LogP contribution in [0.4, 0.5) is 11.4 Å². The van der Waals surface area contributed by atoms with E-state index in [-0.39, 0.29) is 12.3 Å². The van der Waals surface area contributed by atoms with Gasteiger partial charge in [0.15, 0.2) is 0 Å². The Kier molecular flexibility index (Phi) is 8.28. The Balaban J connectivity index is 1.65. The lowest BCUT2D eigenvalue weighted by atomic mass is 9.98. The van der Waals surface area contributed by atoms with Crippen LogP contribution in [-0.2, 0) is 22.6 Å². The number of rotatable bonds is 10. The Labute approximate surface area is 222 Å². The number of carbonyl (C=O) groups excluding carboxylic acids is 1. The minimum atomic E-state index is -0.891. The van der Waals surface area contributed by atoms with E-state index in [1.807, 2.05) is 30.3 Å². The third-order valence-corrected chi connectivity index (χ3v) is 6.41. The Bertz CT molecular complexity index is 1320. The molecule has 1 amide bonds. The molecule has 7 nitrogen and oxygen atoms in total. The summed E-state index contributed by atoms with van der Waals surface area (Å²) < 4.78 is 0. The van der Waals surface area contributed by atoms with Crippen LogP contribution in [0.3, 0.4) is 0 Å². The number of fused-ring (bicyclic) bond motifs is 1. The summed E-state index contributed by atoms with van der Waals surface area (Å²) in [6, 6.07) is 20.7. The first kappa shape index (κ1) is 26.4. The first-order chi connectivity index (χ1) is 17.7. The van der Waals surface area contributed by atoms with Crippen LogP contribution in [0, 0.1) is 0 Å². The standard InChI is InChI=1S/C29H31ClN4O3/c1-33(2)14-15-34(3)18-20-6-11-23(12-7-20)31-28(21-8-4-19(5-9-21)16-26(35)36)27-24-13-10-22(30)17-25(24)32-29(27)37/h4-13,17,31H,14-16,18H2,1-3H3,(H,32,37)(H,35,36)/b28-27-. The first-order valence-electron chi connectivity index (χ1n) is 12.1. The molecule has 0 saturated carbocycles. The molecule has 0 radical (unpaired) electrons. The van der Waals surface area contributed by atoms with Gasteiger partial charge in [0, 0.05) is 35.9 Å². The smallest absolute Gasteiger partial charge is 0.307 e. The van der Waals surface area contributed by atoms with Crippen molar-refractivity contribution in [2.45, 2.75) is 13.0 Å². The number of hydrogen-bond donors (Lipinski definition) is 3. The van der Waals surface area contributed by atoms with Crippen LogP contribution in [0.25, 0.3) is 11.3 Å². The van der Waals surface area contributed by atoms with Crippen LogP contribution in [0.2, 0.25) is 5.02 Å². The average Bonchev–Trinajstić information content (AvgIpc) is 3.17. The highest BCUT2D eigenvalue weighted by atomic mass is 35.5. The number of amides is 1. The fourth-order valence-electron chi connectivity index (χ4n) is 4.24. The van der Waals surface area contributed by atoms with E-state index in [9.17, 15) is 9.59 Å². The molecule has 37 heavy (non-hydrogen) atoms. The summed E-state index contributed by atoms with van der Waals surface area (Å²) in [6.45, 7) is 2.80. The number of halogens is 1. The molecule has 1 heterocycles. The van der Waals surface area contributed by atoms with E-state index < -0.39 is 5.97 Å². The molecule has 4 rings (SSSR count). The van der Waals surface area contributed by atoms with Gasteiger partial charge in [-0.1, -0.05) is 54.1 Å². The number of nitrogens with one attached hydrogen (secondary N) is 2. The third-order valence-electron chi connectivity index (χ3n) is 6.18. The van der Waals surface area contributed by atoms with Crippen LogP contribution in [-0.4, -0.2) is 61.0 Å². The molecule has 0 saturated heterocycles. The van der Waals surface area contributed by atoms with E-state index >= 15 is 0 Å². The SMILES string of the molecule is CN(C)CCN(C)Cc1ccc(N/C(=C2\C(=O)Nc3cc(Cl)ccc32)c2ccc(CC(=O)O)cc2)cc1.